The molecule has 2 heterocycles. The molecule has 22 heavy (non-hydrogen) atoms. The van der Waals surface area contributed by atoms with Gasteiger partial charge in [-0.2, -0.15) is 0 Å². The van der Waals surface area contributed by atoms with Crippen LogP contribution in [-0.4, -0.2) is 52.5 Å². The molecule has 0 unspecified atom stereocenters. The van der Waals surface area contributed by atoms with Crippen LogP contribution in [0.3, 0.4) is 0 Å². The molecule has 6 nitrogen and oxygen atoms in total. The van der Waals surface area contributed by atoms with Gasteiger partial charge in [-0.15, -0.1) is 17.5 Å². The smallest absolute Gasteiger partial charge is 0.253 e. The van der Waals surface area contributed by atoms with E-state index < -0.39 is 0 Å². The molecule has 1 aromatic carbocycles. The third kappa shape index (κ3) is 3.23. The molecule has 3 rings (SSSR count). The summed E-state index contributed by atoms with van der Waals surface area (Å²) in [5.74, 6) is 0.784. The molecule has 7 heteroatoms. The summed E-state index contributed by atoms with van der Waals surface area (Å²) < 4.78 is 1.72. The van der Waals surface area contributed by atoms with E-state index in [1.807, 2.05) is 37.2 Å². The minimum Gasteiger partial charge on any atom is -0.339 e. The number of halogens is 1. The number of likely N-dealkylation sites (tertiary alicyclic amines) is 1. The number of carbonyl (C=O) groups excluding carboxylic acids is 1. The second kappa shape index (κ2) is 7.07. The number of hydrogen-bond acceptors (Lipinski definition) is 4. The zero-order valence-corrected chi connectivity index (χ0v) is 13.8. The molecule has 1 aliphatic rings. The molecule has 120 valence electrons. The number of piperidine rings is 1. The summed E-state index contributed by atoms with van der Waals surface area (Å²) in [4.78, 5) is 14.5. The lowest BCUT2D eigenvalue weighted by Crippen LogP contribution is -2.40. The van der Waals surface area contributed by atoms with Gasteiger partial charge in [-0.25, -0.2) is 4.68 Å². The Morgan fingerprint density at radius 1 is 1.36 bits per heavy atom. The molecule has 0 atom stereocenters. The Bertz CT molecular complexity index is 648. The van der Waals surface area contributed by atoms with Gasteiger partial charge in [0, 0.05) is 25.7 Å². The summed E-state index contributed by atoms with van der Waals surface area (Å²) in [7, 11) is 3.83. The van der Waals surface area contributed by atoms with Gasteiger partial charge in [-0.1, -0.05) is 5.21 Å². The number of nitrogens with one attached hydrogen (secondary N) is 1. The summed E-state index contributed by atoms with van der Waals surface area (Å²) in [5, 5.41) is 11.3. The van der Waals surface area contributed by atoms with E-state index in [9.17, 15) is 4.79 Å². The molecule has 2 aromatic rings. The molecule has 0 spiro atoms. The Labute approximate surface area is 136 Å². The van der Waals surface area contributed by atoms with Crippen LogP contribution < -0.4 is 5.32 Å². The first-order valence-electron chi connectivity index (χ1n) is 7.42. The second-order valence-corrected chi connectivity index (χ2v) is 5.71. The Kier molecular flexibility index (Phi) is 5.37. The Balaban J connectivity index is 0.00000176. The van der Waals surface area contributed by atoms with E-state index in [0.717, 1.165) is 43.5 Å². The van der Waals surface area contributed by atoms with Gasteiger partial charge in [-0.3, -0.25) is 4.79 Å². The molecule has 1 fully saturated rings. The van der Waals surface area contributed by atoms with Crippen molar-refractivity contribution < 1.29 is 4.79 Å². The quantitative estimate of drug-likeness (QED) is 0.929. The lowest BCUT2D eigenvalue weighted by atomic mass is 9.96. The molecular formula is C15H22ClN5O. The monoisotopic (exact) mass is 323 g/mol. The van der Waals surface area contributed by atoms with Crippen molar-refractivity contribution in [2.45, 2.75) is 12.8 Å². The van der Waals surface area contributed by atoms with Gasteiger partial charge in [0.15, 0.2) is 0 Å². The number of benzene rings is 1. The maximum atomic E-state index is 12.6. The van der Waals surface area contributed by atoms with Crippen LogP contribution in [0.25, 0.3) is 11.0 Å². The van der Waals surface area contributed by atoms with Crippen molar-refractivity contribution >= 4 is 29.3 Å². The first-order valence-corrected chi connectivity index (χ1v) is 7.42. The van der Waals surface area contributed by atoms with Crippen LogP contribution in [0.5, 0.6) is 0 Å². The van der Waals surface area contributed by atoms with Crippen LogP contribution in [0.15, 0.2) is 18.2 Å². The predicted molar refractivity (Wildman–Crippen MR) is 88.3 cm³/mol. The van der Waals surface area contributed by atoms with E-state index in [-0.39, 0.29) is 18.3 Å². The highest BCUT2D eigenvalue weighted by atomic mass is 35.5. The number of nitrogens with zero attached hydrogens (tertiary/aromatic N) is 4. The van der Waals surface area contributed by atoms with Crippen LogP contribution in [-0.2, 0) is 7.05 Å². The van der Waals surface area contributed by atoms with E-state index in [1.165, 1.54) is 0 Å². The van der Waals surface area contributed by atoms with Gasteiger partial charge in [0.1, 0.15) is 5.52 Å². The highest BCUT2D eigenvalue weighted by Crippen LogP contribution is 2.20. The number of hydrogen-bond donors (Lipinski definition) is 1. The summed E-state index contributed by atoms with van der Waals surface area (Å²) in [6.45, 7) is 2.71. The molecule has 0 radical (unpaired) electrons. The SMILES string of the molecule is CNCC1CCN(C(=O)c2ccc3c(c2)nnn3C)CC1.Cl. The fourth-order valence-electron chi connectivity index (χ4n) is 2.99. The molecule has 0 saturated carbocycles. The summed E-state index contributed by atoms with van der Waals surface area (Å²) >= 11 is 0. The minimum absolute atomic E-state index is 0. The van der Waals surface area contributed by atoms with Crippen molar-refractivity contribution in [1.82, 2.24) is 25.2 Å². The standard InChI is InChI=1S/C15H21N5O.ClH/c1-16-10-11-5-7-20(8-6-11)15(21)12-3-4-14-13(9-12)17-18-19(14)2;/h3-4,9,11,16H,5-8,10H2,1-2H3;1H. The second-order valence-electron chi connectivity index (χ2n) is 5.71. The Morgan fingerprint density at radius 2 is 2.09 bits per heavy atom. The van der Waals surface area contributed by atoms with Crippen molar-refractivity contribution in [2.24, 2.45) is 13.0 Å². The number of rotatable bonds is 3. The van der Waals surface area contributed by atoms with Crippen molar-refractivity contribution in [3.05, 3.63) is 23.8 Å². The molecule has 0 bridgehead atoms. The molecule has 1 aromatic heterocycles. The van der Waals surface area contributed by atoms with E-state index in [4.69, 9.17) is 0 Å². The summed E-state index contributed by atoms with van der Waals surface area (Å²) in [5.41, 5.74) is 2.42. The van der Waals surface area contributed by atoms with Crippen molar-refractivity contribution in [3.8, 4) is 0 Å². The van der Waals surface area contributed by atoms with Crippen molar-refractivity contribution in [1.29, 1.82) is 0 Å². The van der Waals surface area contributed by atoms with E-state index >= 15 is 0 Å². The average Bonchev–Trinajstić information content (AvgIpc) is 2.88. The molecule has 1 amide bonds. The largest absolute Gasteiger partial charge is 0.339 e. The molecule has 1 N–H and O–H groups in total. The summed E-state index contributed by atoms with van der Waals surface area (Å²) in [6, 6.07) is 5.62. The summed E-state index contributed by atoms with van der Waals surface area (Å²) in [6.07, 6.45) is 2.14. The lowest BCUT2D eigenvalue weighted by molar-refractivity contribution is 0.0691. The van der Waals surface area contributed by atoms with Crippen LogP contribution in [0.2, 0.25) is 0 Å². The third-order valence-corrected chi connectivity index (χ3v) is 4.25. The van der Waals surface area contributed by atoms with Gasteiger partial charge in [-0.05, 0) is 50.6 Å². The number of aromatic nitrogens is 3. The molecule has 0 aliphatic carbocycles. The topological polar surface area (TPSA) is 63.1 Å². The number of carbonyl (C=O) groups is 1. The number of aryl methyl sites for hydroxylation is 1. The van der Waals surface area contributed by atoms with Gasteiger partial charge in [0.05, 0.1) is 5.52 Å². The van der Waals surface area contributed by atoms with Crippen molar-refractivity contribution in [2.75, 3.05) is 26.7 Å². The minimum atomic E-state index is 0. The van der Waals surface area contributed by atoms with Gasteiger partial charge >= 0.3 is 0 Å². The fourth-order valence-corrected chi connectivity index (χ4v) is 2.99. The maximum absolute atomic E-state index is 12.6. The lowest BCUT2D eigenvalue weighted by Gasteiger charge is -2.32. The highest BCUT2D eigenvalue weighted by molar-refractivity contribution is 5.97. The fraction of sp³-hybridized carbons (Fsp3) is 0.533. The zero-order valence-electron chi connectivity index (χ0n) is 13.0. The van der Waals surface area contributed by atoms with Gasteiger partial charge in [0.2, 0.25) is 0 Å². The number of amides is 1. The average molecular weight is 324 g/mol. The number of fused-ring (bicyclic) bond motifs is 1. The third-order valence-electron chi connectivity index (χ3n) is 4.25. The van der Waals surface area contributed by atoms with Crippen LogP contribution in [0, 0.1) is 5.92 Å². The van der Waals surface area contributed by atoms with E-state index in [0.29, 0.717) is 11.5 Å². The van der Waals surface area contributed by atoms with Gasteiger partial charge in [0.25, 0.3) is 5.91 Å². The molecule has 1 aliphatic heterocycles. The Hall–Kier alpha value is -1.66. The van der Waals surface area contributed by atoms with Crippen LogP contribution in [0.1, 0.15) is 23.2 Å². The first kappa shape index (κ1) is 16.7. The Morgan fingerprint density at radius 3 is 2.77 bits per heavy atom. The normalized spacial score (nSPS) is 15.8. The van der Waals surface area contributed by atoms with E-state index in [1.54, 1.807) is 4.68 Å². The first-order chi connectivity index (χ1) is 10.2. The highest BCUT2D eigenvalue weighted by Gasteiger charge is 2.23. The van der Waals surface area contributed by atoms with Crippen LogP contribution in [0.4, 0.5) is 0 Å². The molecular weight excluding hydrogens is 302 g/mol. The van der Waals surface area contributed by atoms with Crippen molar-refractivity contribution in [3.63, 3.8) is 0 Å². The molecule has 1 saturated heterocycles. The van der Waals surface area contributed by atoms with E-state index in [2.05, 4.69) is 15.6 Å². The maximum Gasteiger partial charge on any atom is 0.253 e. The van der Waals surface area contributed by atoms with Crippen LogP contribution >= 0.6 is 12.4 Å². The predicted octanol–water partition coefficient (Wildman–Crippen LogP) is 1.46. The zero-order chi connectivity index (χ0) is 14.8. The van der Waals surface area contributed by atoms with Gasteiger partial charge < -0.3 is 10.2 Å².